The smallest absolute Gasteiger partial charge is 0.289 e. The predicted octanol–water partition coefficient (Wildman–Crippen LogP) is 5.13. The van der Waals surface area contributed by atoms with E-state index in [4.69, 9.17) is 44.0 Å². The molecule has 28 heavy (non-hydrogen) atoms. The molecule has 2 heterocycles. The van der Waals surface area contributed by atoms with Gasteiger partial charge in [0.15, 0.2) is 11.5 Å². The zero-order valence-electron chi connectivity index (χ0n) is 15.5. The first-order valence-electron chi connectivity index (χ1n) is 8.35. The van der Waals surface area contributed by atoms with E-state index in [0.29, 0.717) is 33.1 Å². The normalized spacial score (nSPS) is 10.9. The van der Waals surface area contributed by atoms with Crippen LogP contribution >= 0.6 is 34.8 Å². The number of aryl methyl sites for hydroxylation is 1. The second kappa shape index (κ2) is 8.47. The van der Waals surface area contributed by atoms with Crippen molar-refractivity contribution in [2.24, 2.45) is 7.05 Å². The molecule has 0 unspecified atom stereocenters. The Hall–Kier alpha value is -2.15. The molecule has 0 fully saturated rings. The number of benzene rings is 1. The SMILES string of the molecule is Cc1c(CN(C)C(=O)c2ccc(COc3c(Cl)cc(Cl)cc3Cl)o2)cnn1C. The van der Waals surface area contributed by atoms with Crippen molar-refractivity contribution in [1.82, 2.24) is 14.7 Å². The van der Waals surface area contributed by atoms with Crippen molar-refractivity contribution in [1.29, 1.82) is 0 Å². The van der Waals surface area contributed by atoms with Gasteiger partial charge in [-0.2, -0.15) is 5.10 Å². The molecule has 0 aliphatic carbocycles. The first kappa shape index (κ1) is 20.6. The first-order chi connectivity index (χ1) is 13.3. The van der Waals surface area contributed by atoms with Crippen LogP contribution in [0.3, 0.4) is 0 Å². The standard InChI is InChI=1S/C19H18Cl3N3O3/c1-11-12(8-23-25(11)3)9-24(2)19(26)17-5-4-14(28-17)10-27-18-15(21)6-13(20)7-16(18)22/h4-8H,9-10H2,1-3H3. The first-order valence-corrected chi connectivity index (χ1v) is 9.48. The lowest BCUT2D eigenvalue weighted by molar-refractivity contribution is 0.0749. The summed E-state index contributed by atoms with van der Waals surface area (Å²) in [5.41, 5.74) is 1.98. The summed E-state index contributed by atoms with van der Waals surface area (Å²) in [4.78, 5) is 14.2. The van der Waals surface area contributed by atoms with Gasteiger partial charge in [-0.3, -0.25) is 9.48 Å². The van der Waals surface area contributed by atoms with Crippen LogP contribution in [0.5, 0.6) is 5.75 Å². The van der Waals surface area contributed by atoms with Crippen LogP contribution in [0.4, 0.5) is 0 Å². The van der Waals surface area contributed by atoms with Crippen molar-refractivity contribution >= 4 is 40.7 Å². The van der Waals surface area contributed by atoms with Crippen molar-refractivity contribution in [2.75, 3.05) is 7.05 Å². The van der Waals surface area contributed by atoms with Crippen LogP contribution in [-0.2, 0) is 20.2 Å². The number of nitrogens with zero attached hydrogens (tertiary/aromatic N) is 3. The lowest BCUT2D eigenvalue weighted by Gasteiger charge is -2.15. The number of hydrogen-bond acceptors (Lipinski definition) is 4. The fourth-order valence-electron chi connectivity index (χ4n) is 2.60. The fraction of sp³-hybridized carbons (Fsp3) is 0.263. The van der Waals surface area contributed by atoms with E-state index in [9.17, 15) is 4.79 Å². The van der Waals surface area contributed by atoms with Crippen LogP contribution in [0.1, 0.15) is 27.6 Å². The molecule has 0 N–H and O–H groups in total. The van der Waals surface area contributed by atoms with Crippen molar-refractivity contribution in [3.63, 3.8) is 0 Å². The van der Waals surface area contributed by atoms with Gasteiger partial charge in [0, 0.05) is 36.9 Å². The van der Waals surface area contributed by atoms with E-state index in [-0.39, 0.29) is 18.3 Å². The van der Waals surface area contributed by atoms with E-state index >= 15 is 0 Å². The van der Waals surface area contributed by atoms with Crippen LogP contribution < -0.4 is 4.74 Å². The van der Waals surface area contributed by atoms with Crippen molar-refractivity contribution in [3.05, 3.63) is 68.3 Å². The third kappa shape index (κ3) is 4.46. The quantitative estimate of drug-likeness (QED) is 0.531. The molecule has 148 valence electrons. The highest BCUT2D eigenvalue weighted by atomic mass is 35.5. The second-order valence-corrected chi connectivity index (χ2v) is 7.54. The molecular formula is C19H18Cl3N3O3. The minimum absolute atomic E-state index is 0.0692. The average molecular weight is 443 g/mol. The number of furan rings is 1. The number of halogens is 3. The largest absolute Gasteiger partial charge is 0.483 e. The summed E-state index contributed by atoms with van der Waals surface area (Å²) < 4.78 is 13.0. The number of carbonyl (C=O) groups is 1. The highest BCUT2D eigenvalue weighted by Crippen LogP contribution is 2.36. The third-order valence-corrected chi connectivity index (χ3v) is 5.07. The minimum Gasteiger partial charge on any atom is -0.483 e. The van der Waals surface area contributed by atoms with E-state index in [1.165, 1.54) is 12.1 Å². The molecular weight excluding hydrogens is 425 g/mol. The topological polar surface area (TPSA) is 60.5 Å². The van der Waals surface area contributed by atoms with Gasteiger partial charge in [-0.25, -0.2) is 0 Å². The highest BCUT2D eigenvalue weighted by Gasteiger charge is 2.18. The summed E-state index contributed by atoms with van der Waals surface area (Å²) in [6.45, 7) is 2.46. The molecule has 0 aliphatic heterocycles. The monoisotopic (exact) mass is 441 g/mol. The summed E-state index contributed by atoms with van der Waals surface area (Å²) in [5, 5.41) is 5.20. The van der Waals surface area contributed by atoms with Gasteiger partial charge in [0.25, 0.3) is 5.91 Å². The Labute approximate surface area is 177 Å². The van der Waals surface area contributed by atoms with E-state index in [1.807, 2.05) is 14.0 Å². The third-order valence-electron chi connectivity index (χ3n) is 4.29. The molecule has 0 saturated heterocycles. The summed E-state index contributed by atoms with van der Waals surface area (Å²) in [5.74, 6) is 0.755. The molecule has 3 aromatic rings. The maximum absolute atomic E-state index is 12.6. The summed E-state index contributed by atoms with van der Waals surface area (Å²) in [6, 6.07) is 6.36. The molecule has 1 amide bonds. The lowest BCUT2D eigenvalue weighted by atomic mass is 10.2. The number of hydrogen-bond donors (Lipinski definition) is 0. The molecule has 9 heteroatoms. The zero-order valence-corrected chi connectivity index (χ0v) is 17.8. The number of ether oxygens (including phenoxy) is 1. The average Bonchev–Trinajstić information content (AvgIpc) is 3.22. The van der Waals surface area contributed by atoms with Gasteiger partial charge >= 0.3 is 0 Å². The van der Waals surface area contributed by atoms with Crippen LogP contribution in [0.2, 0.25) is 15.1 Å². The van der Waals surface area contributed by atoms with Gasteiger partial charge in [-0.05, 0) is 31.2 Å². The zero-order chi connectivity index (χ0) is 20.4. The number of aromatic nitrogens is 2. The fourth-order valence-corrected chi connectivity index (χ4v) is 3.52. The van der Waals surface area contributed by atoms with Gasteiger partial charge in [0.2, 0.25) is 0 Å². The molecule has 0 radical (unpaired) electrons. The minimum atomic E-state index is -0.239. The molecule has 0 saturated carbocycles. The molecule has 1 aromatic carbocycles. The Kier molecular flexibility index (Phi) is 6.23. The summed E-state index contributed by atoms with van der Waals surface area (Å²) in [6.07, 6.45) is 1.75. The lowest BCUT2D eigenvalue weighted by Crippen LogP contribution is -2.26. The van der Waals surface area contributed by atoms with Gasteiger partial charge in [-0.1, -0.05) is 34.8 Å². The maximum atomic E-state index is 12.6. The van der Waals surface area contributed by atoms with Crippen LogP contribution in [0.25, 0.3) is 0 Å². The number of amides is 1. The summed E-state index contributed by atoms with van der Waals surface area (Å²) in [7, 11) is 3.57. The molecule has 0 aliphatic rings. The number of rotatable bonds is 6. The van der Waals surface area contributed by atoms with E-state index in [1.54, 1.807) is 35.0 Å². The molecule has 0 atom stereocenters. The molecule has 3 rings (SSSR count). The van der Waals surface area contributed by atoms with E-state index in [2.05, 4.69) is 5.10 Å². The van der Waals surface area contributed by atoms with E-state index in [0.717, 1.165) is 11.3 Å². The van der Waals surface area contributed by atoms with E-state index < -0.39 is 0 Å². The van der Waals surface area contributed by atoms with Gasteiger partial charge in [0.1, 0.15) is 12.4 Å². The Morgan fingerprint density at radius 1 is 1.25 bits per heavy atom. The molecule has 0 spiro atoms. The Morgan fingerprint density at radius 3 is 2.54 bits per heavy atom. The second-order valence-electron chi connectivity index (χ2n) is 6.29. The van der Waals surface area contributed by atoms with Crippen molar-refractivity contribution in [2.45, 2.75) is 20.1 Å². The van der Waals surface area contributed by atoms with Gasteiger partial charge in [0.05, 0.1) is 16.2 Å². The highest BCUT2D eigenvalue weighted by molar-refractivity contribution is 6.40. The summed E-state index contributed by atoms with van der Waals surface area (Å²) >= 11 is 18.1. The van der Waals surface area contributed by atoms with Gasteiger partial charge in [-0.15, -0.1) is 0 Å². The van der Waals surface area contributed by atoms with Crippen LogP contribution in [0, 0.1) is 6.92 Å². The Morgan fingerprint density at radius 2 is 1.93 bits per heavy atom. The van der Waals surface area contributed by atoms with Crippen LogP contribution in [0.15, 0.2) is 34.9 Å². The van der Waals surface area contributed by atoms with Crippen molar-refractivity contribution < 1.29 is 13.9 Å². The molecule has 2 aromatic heterocycles. The maximum Gasteiger partial charge on any atom is 0.289 e. The number of carbonyl (C=O) groups excluding carboxylic acids is 1. The molecule has 0 bridgehead atoms. The Bertz CT molecular complexity index is 990. The Balaban J connectivity index is 1.65. The van der Waals surface area contributed by atoms with Crippen LogP contribution in [-0.4, -0.2) is 27.6 Å². The predicted molar refractivity (Wildman–Crippen MR) is 108 cm³/mol. The molecule has 6 nitrogen and oxygen atoms in total. The van der Waals surface area contributed by atoms with Gasteiger partial charge < -0.3 is 14.1 Å². The van der Waals surface area contributed by atoms with Crippen molar-refractivity contribution in [3.8, 4) is 5.75 Å².